The zero-order valence-corrected chi connectivity index (χ0v) is 11.3. The molecule has 0 aliphatic heterocycles. The Bertz CT molecular complexity index is 326. The van der Waals surface area contributed by atoms with Crippen molar-refractivity contribution in [2.24, 2.45) is 5.92 Å². The van der Waals surface area contributed by atoms with Crippen LogP contribution in [0.25, 0.3) is 6.08 Å². The molecule has 1 rings (SSSR count). The maximum atomic E-state index is 4.31. The molecule has 84 valence electrons. The van der Waals surface area contributed by atoms with Gasteiger partial charge in [0.1, 0.15) is 0 Å². The Morgan fingerprint density at radius 2 is 2.33 bits per heavy atom. The molecule has 0 fully saturated rings. The predicted octanol–water partition coefficient (Wildman–Crippen LogP) is 3.73. The first-order valence-corrected chi connectivity index (χ1v) is 6.58. The van der Waals surface area contributed by atoms with Crippen molar-refractivity contribution in [3.8, 4) is 0 Å². The number of halogens is 1. The SMILES string of the molecule is CCCn1cc(/C=C(/CBr)C(C)C)cn1. The first-order valence-electron chi connectivity index (χ1n) is 5.46. The maximum absolute atomic E-state index is 4.31. The fourth-order valence-corrected chi connectivity index (χ4v) is 2.19. The second kappa shape index (κ2) is 6.11. The van der Waals surface area contributed by atoms with Crippen LogP contribution in [0.15, 0.2) is 18.0 Å². The van der Waals surface area contributed by atoms with Crippen LogP contribution >= 0.6 is 15.9 Å². The van der Waals surface area contributed by atoms with E-state index in [0.717, 1.165) is 18.3 Å². The third kappa shape index (κ3) is 3.82. The third-order valence-corrected chi connectivity index (χ3v) is 3.00. The summed E-state index contributed by atoms with van der Waals surface area (Å²) in [5, 5.41) is 5.24. The van der Waals surface area contributed by atoms with E-state index in [1.165, 1.54) is 11.1 Å². The number of rotatable bonds is 5. The van der Waals surface area contributed by atoms with E-state index in [1.807, 2.05) is 10.9 Å². The standard InChI is InChI=1S/C12H19BrN2/c1-4-5-15-9-11(8-14-15)6-12(7-13)10(2)3/h6,8-10H,4-5,7H2,1-3H3/b12-6-. The van der Waals surface area contributed by atoms with Gasteiger partial charge in [0.2, 0.25) is 0 Å². The highest BCUT2D eigenvalue weighted by Gasteiger charge is 2.02. The Hall–Kier alpha value is -0.570. The van der Waals surface area contributed by atoms with Gasteiger partial charge in [-0.3, -0.25) is 4.68 Å². The van der Waals surface area contributed by atoms with Gasteiger partial charge in [0.05, 0.1) is 6.20 Å². The lowest BCUT2D eigenvalue weighted by Gasteiger charge is -2.06. The molecule has 0 amide bonds. The van der Waals surface area contributed by atoms with Crippen molar-refractivity contribution >= 4 is 22.0 Å². The molecule has 0 bridgehead atoms. The number of allylic oxidation sites excluding steroid dienone is 1. The monoisotopic (exact) mass is 270 g/mol. The van der Waals surface area contributed by atoms with E-state index in [1.54, 1.807) is 0 Å². The molecule has 0 saturated carbocycles. The van der Waals surface area contributed by atoms with Crippen LogP contribution in [0.3, 0.4) is 0 Å². The highest BCUT2D eigenvalue weighted by atomic mass is 79.9. The van der Waals surface area contributed by atoms with Crippen molar-refractivity contribution in [1.29, 1.82) is 0 Å². The summed E-state index contributed by atoms with van der Waals surface area (Å²) in [5.41, 5.74) is 2.61. The molecule has 0 spiro atoms. The summed E-state index contributed by atoms with van der Waals surface area (Å²) in [6.45, 7) is 7.58. The minimum absolute atomic E-state index is 0.582. The van der Waals surface area contributed by atoms with Crippen molar-refractivity contribution in [2.45, 2.75) is 33.7 Å². The molecule has 0 aliphatic carbocycles. The lowest BCUT2D eigenvalue weighted by Crippen LogP contribution is -1.96. The van der Waals surface area contributed by atoms with Crippen LogP contribution < -0.4 is 0 Å². The van der Waals surface area contributed by atoms with E-state index in [-0.39, 0.29) is 0 Å². The Labute approximate surface area is 101 Å². The Balaban J connectivity index is 2.77. The summed E-state index contributed by atoms with van der Waals surface area (Å²) < 4.78 is 2.00. The van der Waals surface area contributed by atoms with Crippen LogP contribution in [0.4, 0.5) is 0 Å². The second-order valence-corrected chi connectivity index (χ2v) is 4.61. The average Bonchev–Trinajstić information content (AvgIpc) is 2.62. The zero-order chi connectivity index (χ0) is 11.3. The highest BCUT2D eigenvalue weighted by molar-refractivity contribution is 9.09. The minimum atomic E-state index is 0.582. The number of hydrogen-bond acceptors (Lipinski definition) is 1. The Morgan fingerprint density at radius 1 is 1.60 bits per heavy atom. The lowest BCUT2D eigenvalue weighted by molar-refractivity contribution is 0.602. The number of nitrogens with zero attached hydrogens (tertiary/aromatic N) is 2. The molecule has 1 aromatic heterocycles. The number of aryl methyl sites for hydroxylation is 1. The molecular weight excluding hydrogens is 252 g/mol. The molecule has 0 atom stereocenters. The van der Waals surface area contributed by atoms with E-state index >= 15 is 0 Å². The summed E-state index contributed by atoms with van der Waals surface area (Å²) in [7, 11) is 0. The van der Waals surface area contributed by atoms with Gasteiger partial charge < -0.3 is 0 Å². The van der Waals surface area contributed by atoms with Gasteiger partial charge >= 0.3 is 0 Å². The molecule has 1 aromatic rings. The van der Waals surface area contributed by atoms with Gasteiger partial charge in [-0.05, 0) is 12.3 Å². The molecule has 0 aromatic carbocycles. The summed E-state index contributed by atoms with van der Waals surface area (Å²) >= 11 is 3.52. The molecule has 0 aliphatic rings. The molecule has 0 unspecified atom stereocenters. The molecule has 0 N–H and O–H groups in total. The van der Waals surface area contributed by atoms with Gasteiger partial charge in [-0.2, -0.15) is 5.10 Å². The molecular formula is C12H19BrN2. The fourth-order valence-electron chi connectivity index (χ4n) is 1.38. The van der Waals surface area contributed by atoms with Gasteiger partial charge in [0.25, 0.3) is 0 Å². The van der Waals surface area contributed by atoms with Gasteiger partial charge in [-0.15, -0.1) is 0 Å². The normalized spacial score (nSPS) is 12.5. The van der Waals surface area contributed by atoms with Crippen molar-refractivity contribution in [2.75, 3.05) is 5.33 Å². The maximum Gasteiger partial charge on any atom is 0.0562 e. The highest BCUT2D eigenvalue weighted by Crippen LogP contribution is 2.16. The van der Waals surface area contributed by atoms with Gasteiger partial charge in [-0.25, -0.2) is 0 Å². The first kappa shape index (κ1) is 12.5. The fraction of sp³-hybridized carbons (Fsp3) is 0.583. The van der Waals surface area contributed by atoms with E-state index in [0.29, 0.717) is 5.92 Å². The van der Waals surface area contributed by atoms with Gasteiger partial charge in [0.15, 0.2) is 0 Å². The number of aromatic nitrogens is 2. The molecule has 2 nitrogen and oxygen atoms in total. The summed E-state index contributed by atoms with van der Waals surface area (Å²) in [4.78, 5) is 0. The van der Waals surface area contributed by atoms with Crippen molar-refractivity contribution in [3.63, 3.8) is 0 Å². The summed E-state index contributed by atoms with van der Waals surface area (Å²) in [5.74, 6) is 0.582. The third-order valence-electron chi connectivity index (χ3n) is 2.35. The first-order chi connectivity index (χ1) is 7.17. The van der Waals surface area contributed by atoms with Crippen molar-refractivity contribution in [1.82, 2.24) is 9.78 Å². The molecule has 0 saturated heterocycles. The Kier molecular flexibility index (Phi) is 5.09. The van der Waals surface area contributed by atoms with E-state index < -0.39 is 0 Å². The smallest absolute Gasteiger partial charge is 0.0562 e. The van der Waals surface area contributed by atoms with Crippen molar-refractivity contribution < 1.29 is 0 Å². The average molecular weight is 271 g/mol. The lowest BCUT2D eigenvalue weighted by atomic mass is 10.0. The topological polar surface area (TPSA) is 17.8 Å². The van der Waals surface area contributed by atoms with Crippen LogP contribution in [0.5, 0.6) is 0 Å². The molecule has 15 heavy (non-hydrogen) atoms. The predicted molar refractivity (Wildman–Crippen MR) is 69.1 cm³/mol. The number of hydrogen-bond donors (Lipinski definition) is 0. The van der Waals surface area contributed by atoms with Crippen LogP contribution in [-0.4, -0.2) is 15.1 Å². The van der Waals surface area contributed by atoms with Crippen LogP contribution in [0, 0.1) is 5.92 Å². The Morgan fingerprint density at radius 3 is 2.87 bits per heavy atom. The van der Waals surface area contributed by atoms with Crippen LogP contribution in [0.2, 0.25) is 0 Å². The van der Waals surface area contributed by atoms with Crippen molar-refractivity contribution in [3.05, 3.63) is 23.5 Å². The summed E-state index contributed by atoms with van der Waals surface area (Å²) in [6.07, 6.45) is 7.38. The summed E-state index contributed by atoms with van der Waals surface area (Å²) in [6, 6.07) is 0. The quantitative estimate of drug-likeness (QED) is 0.746. The molecule has 1 heterocycles. The second-order valence-electron chi connectivity index (χ2n) is 4.04. The van der Waals surface area contributed by atoms with Crippen LogP contribution in [0.1, 0.15) is 32.8 Å². The van der Waals surface area contributed by atoms with E-state index in [2.05, 4.69) is 54.1 Å². The van der Waals surface area contributed by atoms with E-state index in [9.17, 15) is 0 Å². The van der Waals surface area contributed by atoms with Gasteiger partial charge in [-0.1, -0.05) is 48.4 Å². The van der Waals surface area contributed by atoms with E-state index in [4.69, 9.17) is 0 Å². The molecule has 0 radical (unpaired) electrons. The van der Waals surface area contributed by atoms with Gasteiger partial charge in [0, 0.05) is 23.6 Å². The molecule has 3 heteroatoms. The van der Waals surface area contributed by atoms with Crippen LogP contribution in [-0.2, 0) is 6.54 Å². The minimum Gasteiger partial charge on any atom is -0.272 e. The zero-order valence-electron chi connectivity index (χ0n) is 9.70. The number of alkyl halides is 1. The largest absolute Gasteiger partial charge is 0.272 e.